The van der Waals surface area contributed by atoms with Crippen LogP contribution < -0.4 is 0 Å². The first-order chi connectivity index (χ1) is 6.22. The summed E-state index contributed by atoms with van der Waals surface area (Å²) in [6.45, 7) is 2.49. The molecule has 0 aromatic carbocycles. The van der Waals surface area contributed by atoms with E-state index in [1.807, 2.05) is 11.8 Å². The molecule has 1 aliphatic carbocycles. The van der Waals surface area contributed by atoms with E-state index in [1.54, 1.807) is 0 Å². The summed E-state index contributed by atoms with van der Waals surface area (Å²) in [6.07, 6.45) is 5.95. The third kappa shape index (κ3) is 4.57. The highest BCUT2D eigenvalue weighted by Gasteiger charge is 2.27. The number of alkyl halides is 1. The van der Waals surface area contributed by atoms with Crippen LogP contribution in [0.5, 0.6) is 0 Å². The van der Waals surface area contributed by atoms with Gasteiger partial charge in [0.2, 0.25) is 0 Å². The monoisotopic (exact) mass is 221 g/mol. The van der Waals surface area contributed by atoms with Crippen LogP contribution in [0, 0.1) is 5.92 Å². The fourth-order valence-corrected chi connectivity index (χ4v) is 2.74. The highest BCUT2D eigenvalue weighted by atomic mass is 35.5. The Morgan fingerprint density at radius 2 is 2.15 bits per heavy atom. The lowest BCUT2D eigenvalue weighted by molar-refractivity contribution is 0.210. The predicted octanol–water partition coefficient (Wildman–Crippen LogP) is 2.69. The molecular weight excluding hydrogens is 202 g/mol. The molecule has 0 amide bonds. The molecule has 0 saturated heterocycles. The highest BCUT2D eigenvalue weighted by molar-refractivity contribution is 7.98. The molecule has 0 spiro atoms. The maximum Gasteiger partial charge on any atom is 0.0342 e. The molecule has 0 aromatic rings. The van der Waals surface area contributed by atoms with Gasteiger partial charge in [-0.1, -0.05) is 0 Å². The maximum absolute atomic E-state index is 5.93. The number of halogens is 1. The van der Waals surface area contributed by atoms with Crippen molar-refractivity contribution in [3.05, 3.63) is 0 Å². The lowest BCUT2D eigenvalue weighted by Gasteiger charge is -2.34. The molecular formula is C10H20ClNS. The van der Waals surface area contributed by atoms with Gasteiger partial charge >= 0.3 is 0 Å². The molecule has 3 heteroatoms. The second-order valence-corrected chi connectivity index (χ2v) is 5.65. The van der Waals surface area contributed by atoms with Crippen LogP contribution in [0.3, 0.4) is 0 Å². The smallest absolute Gasteiger partial charge is 0.0342 e. The molecule has 0 unspecified atom stereocenters. The molecule has 0 radical (unpaired) electrons. The quantitative estimate of drug-likeness (QED) is 0.501. The molecule has 0 heterocycles. The number of rotatable bonds is 6. The molecule has 1 rings (SSSR count). The van der Waals surface area contributed by atoms with Crippen LogP contribution in [0.25, 0.3) is 0 Å². The standard InChI is InChI=1S/C10H20ClNS/c1-12(4-3-5-13-2)8-9-6-10(11)7-9/h9-10H,3-8H2,1-2H3. The van der Waals surface area contributed by atoms with Crippen LogP contribution in [0.15, 0.2) is 0 Å². The second kappa shape index (κ2) is 6.15. The molecule has 0 atom stereocenters. The Labute approximate surface area is 91.2 Å². The maximum atomic E-state index is 5.93. The minimum Gasteiger partial charge on any atom is -0.306 e. The van der Waals surface area contributed by atoms with Crippen LogP contribution in [-0.2, 0) is 0 Å². The van der Waals surface area contributed by atoms with Crippen molar-refractivity contribution in [2.24, 2.45) is 5.92 Å². The van der Waals surface area contributed by atoms with E-state index in [2.05, 4.69) is 18.2 Å². The SMILES string of the molecule is CSCCCN(C)CC1CC(Cl)C1. The van der Waals surface area contributed by atoms with E-state index >= 15 is 0 Å². The summed E-state index contributed by atoms with van der Waals surface area (Å²) in [5.74, 6) is 2.16. The molecule has 78 valence electrons. The van der Waals surface area contributed by atoms with E-state index in [-0.39, 0.29) is 0 Å². The molecule has 13 heavy (non-hydrogen) atoms. The minimum absolute atomic E-state index is 0.476. The van der Waals surface area contributed by atoms with Crippen LogP contribution >= 0.6 is 23.4 Å². The number of nitrogens with zero attached hydrogens (tertiary/aromatic N) is 1. The summed E-state index contributed by atoms with van der Waals surface area (Å²) in [6, 6.07) is 0. The Morgan fingerprint density at radius 1 is 1.46 bits per heavy atom. The number of hydrogen-bond acceptors (Lipinski definition) is 2. The van der Waals surface area contributed by atoms with Gasteiger partial charge in [-0.05, 0) is 50.8 Å². The largest absolute Gasteiger partial charge is 0.306 e. The van der Waals surface area contributed by atoms with Crippen molar-refractivity contribution >= 4 is 23.4 Å². The third-order valence-corrected chi connectivity index (χ3v) is 3.69. The molecule has 1 aliphatic rings. The zero-order chi connectivity index (χ0) is 9.68. The van der Waals surface area contributed by atoms with Gasteiger partial charge in [0, 0.05) is 11.9 Å². The van der Waals surface area contributed by atoms with Gasteiger partial charge in [0.15, 0.2) is 0 Å². The molecule has 0 aromatic heterocycles. The van der Waals surface area contributed by atoms with Gasteiger partial charge in [-0.25, -0.2) is 0 Å². The molecule has 0 bridgehead atoms. The van der Waals surface area contributed by atoms with Gasteiger partial charge in [0.25, 0.3) is 0 Å². The van der Waals surface area contributed by atoms with Crippen molar-refractivity contribution in [2.45, 2.75) is 24.6 Å². The fourth-order valence-electron chi connectivity index (χ4n) is 1.81. The topological polar surface area (TPSA) is 3.24 Å². The molecule has 1 saturated carbocycles. The molecule has 1 nitrogen and oxygen atoms in total. The molecule has 0 aliphatic heterocycles. The summed E-state index contributed by atoms with van der Waals surface area (Å²) < 4.78 is 0. The van der Waals surface area contributed by atoms with Gasteiger partial charge in [0.05, 0.1) is 0 Å². The average Bonchev–Trinajstić information content (AvgIpc) is 2.02. The van der Waals surface area contributed by atoms with Gasteiger partial charge < -0.3 is 4.90 Å². The van der Waals surface area contributed by atoms with Crippen LogP contribution in [0.4, 0.5) is 0 Å². The summed E-state index contributed by atoms with van der Waals surface area (Å²) in [5, 5.41) is 0.476. The van der Waals surface area contributed by atoms with Crippen molar-refractivity contribution in [1.82, 2.24) is 4.90 Å². The molecule has 0 N–H and O–H groups in total. The van der Waals surface area contributed by atoms with Gasteiger partial charge in [-0.2, -0.15) is 11.8 Å². The van der Waals surface area contributed by atoms with Crippen molar-refractivity contribution < 1.29 is 0 Å². The Hall–Kier alpha value is 0.600. The highest BCUT2D eigenvalue weighted by Crippen LogP contribution is 2.32. The Morgan fingerprint density at radius 3 is 2.69 bits per heavy atom. The first-order valence-electron chi connectivity index (χ1n) is 5.04. The molecule has 1 fully saturated rings. The van der Waals surface area contributed by atoms with Crippen molar-refractivity contribution in [1.29, 1.82) is 0 Å². The van der Waals surface area contributed by atoms with Gasteiger partial charge in [0.1, 0.15) is 0 Å². The van der Waals surface area contributed by atoms with E-state index in [4.69, 9.17) is 11.6 Å². The van der Waals surface area contributed by atoms with E-state index < -0.39 is 0 Å². The van der Waals surface area contributed by atoms with Gasteiger partial charge in [-0.3, -0.25) is 0 Å². The van der Waals surface area contributed by atoms with E-state index in [0.29, 0.717) is 5.38 Å². The first-order valence-corrected chi connectivity index (χ1v) is 6.87. The van der Waals surface area contributed by atoms with E-state index in [9.17, 15) is 0 Å². The van der Waals surface area contributed by atoms with Crippen LogP contribution in [0.2, 0.25) is 0 Å². The fraction of sp³-hybridized carbons (Fsp3) is 1.00. The Kier molecular flexibility index (Phi) is 5.52. The first kappa shape index (κ1) is 11.7. The van der Waals surface area contributed by atoms with Crippen molar-refractivity contribution in [3.8, 4) is 0 Å². The van der Waals surface area contributed by atoms with Gasteiger partial charge in [-0.15, -0.1) is 11.6 Å². The van der Waals surface area contributed by atoms with E-state index in [1.165, 1.54) is 38.1 Å². The average molecular weight is 222 g/mol. The Bertz CT molecular complexity index is 137. The summed E-state index contributed by atoms with van der Waals surface area (Å²) in [7, 11) is 2.22. The van der Waals surface area contributed by atoms with Crippen molar-refractivity contribution in [3.63, 3.8) is 0 Å². The van der Waals surface area contributed by atoms with Crippen LogP contribution in [-0.4, -0.2) is 42.4 Å². The summed E-state index contributed by atoms with van der Waals surface area (Å²) >= 11 is 7.87. The zero-order valence-electron chi connectivity index (χ0n) is 8.63. The Balaban J connectivity index is 1.95. The summed E-state index contributed by atoms with van der Waals surface area (Å²) in [4.78, 5) is 2.45. The van der Waals surface area contributed by atoms with Crippen molar-refractivity contribution in [2.75, 3.05) is 32.1 Å². The van der Waals surface area contributed by atoms with Crippen LogP contribution in [0.1, 0.15) is 19.3 Å². The van der Waals surface area contributed by atoms with E-state index in [0.717, 1.165) is 5.92 Å². The summed E-state index contributed by atoms with van der Waals surface area (Å²) in [5.41, 5.74) is 0. The number of hydrogen-bond donors (Lipinski definition) is 0. The number of thioether (sulfide) groups is 1. The minimum atomic E-state index is 0.476. The third-order valence-electron chi connectivity index (χ3n) is 2.64. The lowest BCUT2D eigenvalue weighted by Crippen LogP contribution is -2.35. The second-order valence-electron chi connectivity index (χ2n) is 4.04. The predicted molar refractivity (Wildman–Crippen MR) is 62.9 cm³/mol. The lowest BCUT2D eigenvalue weighted by atomic mass is 9.84. The zero-order valence-corrected chi connectivity index (χ0v) is 10.2. The normalized spacial score (nSPS) is 27.7.